The number of unbranched alkanes of at least 4 members (excludes halogenated alkanes) is 9. The number of halogens is 3. The van der Waals surface area contributed by atoms with Gasteiger partial charge in [-0.25, -0.2) is 4.79 Å². The normalized spacial score (nSPS) is 14.5. The van der Waals surface area contributed by atoms with Crippen LogP contribution in [-0.2, 0) is 19.9 Å². The number of terminal acetylenes is 1. The van der Waals surface area contributed by atoms with Crippen molar-refractivity contribution in [2.45, 2.75) is 95.4 Å². The maximum Gasteiger partial charge on any atom is 0.432 e. The van der Waals surface area contributed by atoms with Gasteiger partial charge in [-0.05, 0) is 12.8 Å². The SMILES string of the molecule is C#C[C@@H](CCCCCCCCCCCC)OC(=O)[C@](OC)(c1ccccc1)C(F)(F)F. The Balaban J connectivity index is 2.56. The third-order valence-corrected chi connectivity index (χ3v) is 5.43. The van der Waals surface area contributed by atoms with Gasteiger partial charge >= 0.3 is 12.1 Å². The van der Waals surface area contributed by atoms with Crippen molar-refractivity contribution >= 4 is 5.97 Å². The van der Waals surface area contributed by atoms with Crippen molar-refractivity contribution in [2.75, 3.05) is 7.11 Å². The largest absolute Gasteiger partial charge is 0.447 e. The zero-order valence-electron chi connectivity index (χ0n) is 18.7. The van der Waals surface area contributed by atoms with Gasteiger partial charge in [-0.3, -0.25) is 0 Å². The first-order chi connectivity index (χ1) is 14.8. The summed E-state index contributed by atoms with van der Waals surface area (Å²) in [6.45, 7) is 2.20. The first-order valence-corrected chi connectivity index (χ1v) is 11.2. The van der Waals surface area contributed by atoms with Crippen LogP contribution in [0.5, 0.6) is 0 Å². The van der Waals surface area contributed by atoms with Gasteiger partial charge in [0.1, 0.15) is 0 Å². The number of hydrogen-bond acceptors (Lipinski definition) is 3. The summed E-state index contributed by atoms with van der Waals surface area (Å²) < 4.78 is 51.6. The third kappa shape index (κ3) is 8.22. The fourth-order valence-electron chi connectivity index (χ4n) is 3.59. The Bertz CT molecular complexity index is 667. The molecule has 0 aromatic heterocycles. The van der Waals surface area contributed by atoms with Crippen LogP contribution >= 0.6 is 0 Å². The molecule has 0 saturated heterocycles. The topological polar surface area (TPSA) is 35.5 Å². The van der Waals surface area contributed by atoms with Crippen molar-refractivity contribution < 1.29 is 27.4 Å². The standard InChI is InChI=1S/C25H35F3O3/c1-4-6-7-8-9-10-11-12-13-17-20-22(5-2)31-23(29)24(30-3,25(26,27)28)21-18-15-14-16-19-21/h2,14-16,18-19,22H,4,6-13,17,20H2,1,3H3/t22-,24+/m0/s1. The molecule has 0 N–H and O–H groups in total. The molecule has 0 heterocycles. The molecule has 3 nitrogen and oxygen atoms in total. The summed E-state index contributed by atoms with van der Waals surface area (Å²) in [6, 6.07) is 6.74. The molecule has 0 unspecified atom stereocenters. The molecular formula is C25H35F3O3. The number of esters is 1. The first kappa shape index (κ1) is 27.0. The van der Waals surface area contributed by atoms with Crippen molar-refractivity contribution in [2.24, 2.45) is 0 Å². The van der Waals surface area contributed by atoms with Crippen LogP contribution in [0, 0.1) is 12.3 Å². The smallest absolute Gasteiger partial charge is 0.432 e. The Morgan fingerprint density at radius 3 is 1.94 bits per heavy atom. The van der Waals surface area contributed by atoms with Crippen LogP contribution in [0.25, 0.3) is 0 Å². The Morgan fingerprint density at radius 2 is 1.48 bits per heavy atom. The molecule has 1 aromatic carbocycles. The minimum Gasteiger partial charge on any atom is -0.447 e. The summed E-state index contributed by atoms with van der Waals surface area (Å²) in [5.41, 5.74) is -3.55. The van der Waals surface area contributed by atoms with Crippen LogP contribution in [0.15, 0.2) is 30.3 Å². The van der Waals surface area contributed by atoms with Crippen LogP contribution in [0.2, 0.25) is 0 Å². The molecule has 1 rings (SSSR count). The van der Waals surface area contributed by atoms with Gasteiger partial charge in [0, 0.05) is 12.7 Å². The summed E-state index contributed by atoms with van der Waals surface area (Å²) in [4.78, 5) is 12.6. The van der Waals surface area contributed by atoms with E-state index in [4.69, 9.17) is 15.9 Å². The average molecular weight is 441 g/mol. The maximum atomic E-state index is 13.9. The van der Waals surface area contributed by atoms with Crippen molar-refractivity contribution in [3.05, 3.63) is 35.9 Å². The van der Waals surface area contributed by atoms with Gasteiger partial charge < -0.3 is 9.47 Å². The molecule has 0 saturated carbocycles. The number of methoxy groups -OCH3 is 1. The quantitative estimate of drug-likeness (QED) is 0.168. The lowest BCUT2D eigenvalue weighted by molar-refractivity contribution is -0.277. The molecular weight excluding hydrogens is 405 g/mol. The van der Waals surface area contributed by atoms with Crippen molar-refractivity contribution in [1.82, 2.24) is 0 Å². The number of hydrogen-bond donors (Lipinski definition) is 0. The van der Waals surface area contributed by atoms with Crippen LogP contribution < -0.4 is 0 Å². The van der Waals surface area contributed by atoms with Gasteiger partial charge in [0.2, 0.25) is 0 Å². The zero-order valence-corrected chi connectivity index (χ0v) is 18.7. The Morgan fingerprint density at radius 1 is 0.968 bits per heavy atom. The lowest BCUT2D eigenvalue weighted by Crippen LogP contribution is -2.52. The predicted molar refractivity (Wildman–Crippen MR) is 116 cm³/mol. The zero-order chi connectivity index (χ0) is 23.2. The number of alkyl halides is 3. The molecule has 0 aliphatic rings. The maximum absolute atomic E-state index is 13.9. The molecule has 0 spiro atoms. The summed E-state index contributed by atoms with van der Waals surface area (Å²) in [5, 5.41) is 0. The molecule has 31 heavy (non-hydrogen) atoms. The highest BCUT2D eigenvalue weighted by Gasteiger charge is 2.64. The Labute approximate surface area is 184 Å². The number of rotatable bonds is 15. The predicted octanol–water partition coefficient (Wildman–Crippen LogP) is 6.95. The second kappa shape index (κ2) is 14.1. The van der Waals surface area contributed by atoms with E-state index in [0.717, 1.165) is 26.4 Å². The van der Waals surface area contributed by atoms with E-state index in [1.165, 1.54) is 62.8 Å². The van der Waals surface area contributed by atoms with E-state index in [0.29, 0.717) is 12.8 Å². The third-order valence-electron chi connectivity index (χ3n) is 5.43. The van der Waals surface area contributed by atoms with E-state index in [9.17, 15) is 18.0 Å². The second-order valence-corrected chi connectivity index (χ2v) is 7.78. The average Bonchev–Trinajstić information content (AvgIpc) is 2.74. The number of benzene rings is 1. The summed E-state index contributed by atoms with van der Waals surface area (Å²) in [7, 11) is 0.842. The van der Waals surface area contributed by atoms with Gasteiger partial charge in [0.05, 0.1) is 0 Å². The monoisotopic (exact) mass is 440 g/mol. The van der Waals surface area contributed by atoms with E-state index in [-0.39, 0.29) is 5.56 Å². The summed E-state index contributed by atoms with van der Waals surface area (Å²) in [5.74, 6) is 0.759. The summed E-state index contributed by atoms with van der Waals surface area (Å²) >= 11 is 0. The minimum absolute atomic E-state index is 0.325. The van der Waals surface area contributed by atoms with E-state index >= 15 is 0 Å². The lowest BCUT2D eigenvalue weighted by atomic mass is 9.92. The van der Waals surface area contributed by atoms with E-state index in [1.54, 1.807) is 6.07 Å². The Hall–Kier alpha value is -2.00. The van der Waals surface area contributed by atoms with Crippen LogP contribution in [-0.4, -0.2) is 25.4 Å². The molecule has 2 atom stereocenters. The van der Waals surface area contributed by atoms with Crippen LogP contribution in [0.4, 0.5) is 13.2 Å². The molecule has 0 bridgehead atoms. The highest BCUT2D eigenvalue weighted by Crippen LogP contribution is 2.43. The number of ether oxygens (including phenoxy) is 2. The van der Waals surface area contributed by atoms with Gasteiger partial charge in [-0.1, -0.05) is 101 Å². The van der Waals surface area contributed by atoms with E-state index < -0.39 is 23.9 Å². The van der Waals surface area contributed by atoms with Crippen molar-refractivity contribution in [3.63, 3.8) is 0 Å². The minimum atomic E-state index is -5.00. The van der Waals surface area contributed by atoms with E-state index in [2.05, 4.69) is 12.8 Å². The highest BCUT2D eigenvalue weighted by molar-refractivity contribution is 5.83. The van der Waals surface area contributed by atoms with E-state index in [1.807, 2.05) is 0 Å². The highest BCUT2D eigenvalue weighted by atomic mass is 19.4. The van der Waals surface area contributed by atoms with Gasteiger partial charge in [-0.15, -0.1) is 6.42 Å². The summed E-state index contributed by atoms with van der Waals surface area (Å²) in [6.07, 6.45) is 11.0. The van der Waals surface area contributed by atoms with Gasteiger partial charge in [0.15, 0.2) is 6.10 Å². The molecule has 0 fully saturated rings. The fraction of sp³-hybridized carbons (Fsp3) is 0.640. The number of carbonyl (C=O) groups is 1. The lowest BCUT2D eigenvalue weighted by Gasteiger charge is -2.33. The molecule has 0 amide bonds. The van der Waals surface area contributed by atoms with Gasteiger partial charge in [-0.2, -0.15) is 13.2 Å². The Kier molecular flexibility index (Phi) is 12.3. The van der Waals surface area contributed by atoms with Crippen LogP contribution in [0.3, 0.4) is 0 Å². The molecule has 0 radical (unpaired) electrons. The second-order valence-electron chi connectivity index (χ2n) is 7.78. The van der Waals surface area contributed by atoms with Gasteiger partial charge in [0.25, 0.3) is 5.60 Å². The fourth-order valence-corrected chi connectivity index (χ4v) is 3.59. The first-order valence-electron chi connectivity index (χ1n) is 11.2. The molecule has 0 aliphatic carbocycles. The van der Waals surface area contributed by atoms with Crippen molar-refractivity contribution in [3.8, 4) is 12.3 Å². The van der Waals surface area contributed by atoms with Crippen molar-refractivity contribution in [1.29, 1.82) is 0 Å². The molecule has 174 valence electrons. The van der Waals surface area contributed by atoms with Crippen LogP contribution in [0.1, 0.15) is 83.1 Å². The molecule has 6 heteroatoms. The molecule has 1 aromatic rings. The molecule has 0 aliphatic heterocycles. The number of carbonyl (C=O) groups excluding carboxylic acids is 1.